The van der Waals surface area contributed by atoms with E-state index < -0.39 is 11.2 Å². The molecule has 0 aliphatic rings. The lowest BCUT2D eigenvalue weighted by Gasteiger charge is -1.98. The highest BCUT2D eigenvalue weighted by atomic mass is 35.5. The van der Waals surface area contributed by atoms with Crippen LogP contribution >= 0.6 is 11.6 Å². The van der Waals surface area contributed by atoms with Crippen LogP contribution in [-0.4, -0.2) is 16.3 Å². The number of hydrogen-bond acceptors (Lipinski definition) is 2. The van der Waals surface area contributed by atoms with Crippen LogP contribution in [0, 0.1) is 0 Å². The molecule has 0 saturated heterocycles. The summed E-state index contributed by atoms with van der Waals surface area (Å²) in [6.07, 6.45) is 2.49. The molecule has 0 unspecified atom stereocenters. The van der Waals surface area contributed by atoms with E-state index in [2.05, 4.69) is 0 Å². The molecule has 1 rings (SSSR count). The average molecular weight is 211 g/mol. The van der Waals surface area contributed by atoms with Gasteiger partial charge in [-0.1, -0.05) is 18.2 Å². The summed E-state index contributed by atoms with van der Waals surface area (Å²) in [5.74, 6) is -1.03. The molecule has 0 aliphatic carbocycles. The largest absolute Gasteiger partial charge is 0.478 e. The van der Waals surface area contributed by atoms with Crippen LogP contribution in [0.15, 0.2) is 30.3 Å². The molecule has 1 aromatic carbocycles. The van der Waals surface area contributed by atoms with E-state index in [1.807, 2.05) is 0 Å². The highest BCUT2D eigenvalue weighted by Crippen LogP contribution is 2.10. The Labute approximate surface area is 85.6 Å². The Bertz CT molecular complexity index is 396. The summed E-state index contributed by atoms with van der Waals surface area (Å²) in [5, 5.41) is 8.15. The maximum atomic E-state index is 10.7. The van der Waals surface area contributed by atoms with Crippen molar-refractivity contribution in [1.29, 1.82) is 0 Å². The quantitative estimate of drug-likeness (QED) is 0.615. The van der Waals surface area contributed by atoms with Crippen molar-refractivity contribution in [3.8, 4) is 0 Å². The van der Waals surface area contributed by atoms with Gasteiger partial charge < -0.3 is 5.11 Å². The third kappa shape index (κ3) is 2.71. The zero-order chi connectivity index (χ0) is 10.6. The number of carbonyl (C=O) groups is 2. The Morgan fingerprint density at radius 2 is 1.93 bits per heavy atom. The number of rotatable bonds is 3. The minimum Gasteiger partial charge on any atom is -0.478 e. The van der Waals surface area contributed by atoms with Crippen LogP contribution in [0.5, 0.6) is 0 Å². The molecule has 1 aromatic rings. The topological polar surface area (TPSA) is 54.4 Å². The standard InChI is InChI=1S/C10H7ClO3/c11-9(12)6-5-7-3-1-2-4-8(7)10(13)14/h1-6H,(H,13,14). The van der Waals surface area contributed by atoms with Crippen molar-refractivity contribution >= 4 is 28.9 Å². The van der Waals surface area contributed by atoms with E-state index in [4.69, 9.17) is 16.7 Å². The smallest absolute Gasteiger partial charge is 0.336 e. The highest BCUT2D eigenvalue weighted by molar-refractivity contribution is 6.66. The van der Waals surface area contributed by atoms with Gasteiger partial charge in [0.15, 0.2) is 0 Å². The summed E-state index contributed by atoms with van der Waals surface area (Å²) >= 11 is 5.09. The fourth-order valence-corrected chi connectivity index (χ4v) is 1.06. The van der Waals surface area contributed by atoms with Crippen molar-refractivity contribution in [2.45, 2.75) is 0 Å². The number of carboxylic acid groups (broad SMARTS) is 1. The van der Waals surface area contributed by atoms with Crippen molar-refractivity contribution in [3.05, 3.63) is 41.5 Å². The SMILES string of the molecule is O=C(Cl)C=Cc1ccccc1C(=O)O. The second-order valence-corrected chi connectivity index (χ2v) is 2.90. The fourth-order valence-electron chi connectivity index (χ4n) is 0.992. The van der Waals surface area contributed by atoms with Gasteiger partial charge in [0.05, 0.1) is 5.56 Å². The van der Waals surface area contributed by atoms with Gasteiger partial charge in [-0.05, 0) is 35.4 Å². The zero-order valence-electron chi connectivity index (χ0n) is 7.11. The van der Waals surface area contributed by atoms with Gasteiger partial charge in [0.2, 0.25) is 5.24 Å². The number of hydrogen-bond donors (Lipinski definition) is 1. The molecule has 0 fully saturated rings. The van der Waals surface area contributed by atoms with Gasteiger partial charge in [0.1, 0.15) is 0 Å². The first-order valence-electron chi connectivity index (χ1n) is 3.81. The van der Waals surface area contributed by atoms with Crippen molar-refractivity contribution in [2.75, 3.05) is 0 Å². The second-order valence-electron chi connectivity index (χ2n) is 2.53. The van der Waals surface area contributed by atoms with E-state index in [1.54, 1.807) is 18.2 Å². The molecule has 0 radical (unpaired) electrons. The van der Waals surface area contributed by atoms with E-state index >= 15 is 0 Å². The van der Waals surface area contributed by atoms with Crippen LogP contribution in [0.2, 0.25) is 0 Å². The molecule has 0 heterocycles. The first-order chi connectivity index (χ1) is 6.61. The number of carbonyl (C=O) groups excluding carboxylic acids is 1. The molecule has 14 heavy (non-hydrogen) atoms. The molecule has 3 nitrogen and oxygen atoms in total. The van der Waals surface area contributed by atoms with Crippen LogP contribution in [0.1, 0.15) is 15.9 Å². The van der Waals surface area contributed by atoms with Crippen LogP contribution in [0.4, 0.5) is 0 Å². The second kappa shape index (κ2) is 4.58. The van der Waals surface area contributed by atoms with Crippen molar-refractivity contribution in [1.82, 2.24) is 0 Å². The van der Waals surface area contributed by atoms with Gasteiger partial charge >= 0.3 is 5.97 Å². The van der Waals surface area contributed by atoms with Crippen molar-refractivity contribution in [3.63, 3.8) is 0 Å². The van der Waals surface area contributed by atoms with Crippen molar-refractivity contribution in [2.24, 2.45) is 0 Å². The summed E-state index contributed by atoms with van der Waals surface area (Å²) in [5.41, 5.74) is 0.593. The van der Waals surface area contributed by atoms with Gasteiger partial charge in [-0.2, -0.15) is 0 Å². The maximum absolute atomic E-state index is 10.7. The van der Waals surface area contributed by atoms with E-state index in [9.17, 15) is 9.59 Å². The van der Waals surface area contributed by atoms with E-state index in [0.29, 0.717) is 5.56 Å². The van der Waals surface area contributed by atoms with Gasteiger partial charge in [0.25, 0.3) is 0 Å². The summed E-state index contributed by atoms with van der Waals surface area (Å²) in [4.78, 5) is 21.1. The molecule has 0 atom stereocenters. The first-order valence-corrected chi connectivity index (χ1v) is 4.19. The van der Waals surface area contributed by atoms with Crippen LogP contribution < -0.4 is 0 Å². The molecule has 0 aliphatic heterocycles. The lowest BCUT2D eigenvalue weighted by molar-refractivity contribution is -0.107. The van der Waals surface area contributed by atoms with Gasteiger partial charge in [0, 0.05) is 0 Å². The number of carboxylic acids is 1. The number of aromatic carboxylic acids is 1. The Morgan fingerprint density at radius 3 is 2.50 bits per heavy atom. The summed E-state index contributed by atoms with van der Waals surface area (Å²) in [6, 6.07) is 6.36. The Kier molecular flexibility index (Phi) is 3.42. The highest BCUT2D eigenvalue weighted by Gasteiger charge is 2.05. The number of benzene rings is 1. The molecule has 72 valence electrons. The Hall–Kier alpha value is -1.61. The molecular weight excluding hydrogens is 204 g/mol. The molecule has 0 amide bonds. The minimum absolute atomic E-state index is 0.140. The van der Waals surface area contributed by atoms with Crippen LogP contribution in [0.25, 0.3) is 6.08 Å². The summed E-state index contributed by atoms with van der Waals surface area (Å²) < 4.78 is 0. The predicted octanol–water partition coefficient (Wildman–Crippen LogP) is 2.16. The average Bonchev–Trinajstić information content (AvgIpc) is 2.15. The molecular formula is C10H7ClO3. The molecule has 0 aromatic heterocycles. The summed E-state index contributed by atoms with van der Waals surface area (Å²) in [7, 11) is 0. The minimum atomic E-state index is -1.03. The first kappa shape index (κ1) is 10.5. The number of halogens is 1. The maximum Gasteiger partial charge on any atom is 0.336 e. The fraction of sp³-hybridized carbons (Fsp3) is 0. The van der Waals surface area contributed by atoms with Crippen LogP contribution in [-0.2, 0) is 4.79 Å². The third-order valence-electron chi connectivity index (χ3n) is 1.59. The molecule has 0 saturated carbocycles. The molecule has 0 bridgehead atoms. The number of allylic oxidation sites excluding steroid dienone is 1. The zero-order valence-corrected chi connectivity index (χ0v) is 7.86. The molecule has 0 spiro atoms. The molecule has 1 N–H and O–H groups in total. The molecule has 4 heteroatoms. The monoisotopic (exact) mass is 210 g/mol. The Morgan fingerprint density at radius 1 is 1.29 bits per heavy atom. The van der Waals surface area contributed by atoms with E-state index in [1.165, 1.54) is 12.1 Å². The van der Waals surface area contributed by atoms with Gasteiger partial charge in [-0.25, -0.2) is 4.79 Å². The van der Waals surface area contributed by atoms with Gasteiger partial charge in [-0.15, -0.1) is 0 Å². The third-order valence-corrected chi connectivity index (χ3v) is 1.71. The summed E-state index contributed by atoms with van der Waals surface area (Å²) in [6.45, 7) is 0. The lowest BCUT2D eigenvalue weighted by atomic mass is 10.1. The van der Waals surface area contributed by atoms with Crippen LogP contribution in [0.3, 0.4) is 0 Å². The van der Waals surface area contributed by atoms with Gasteiger partial charge in [-0.3, -0.25) is 4.79 Å². The van der Waals surface area contributed by atoms with Crippen molar-refractivity contribution < 1.29 is 14.7 Å². The van der Waals surface area contributed by atoms with E-state index in [0.717, 1.165) is 6.08 Å². The lowest BCUT2D eigenvalue weighted by Crippen LogP contribution is -1.98. The predicted molar refractivity (Wildman–Crippen MR) is 53.3 cm³/mol. The van der Waals surface area contributed by atoms with E-state index in [-0.39, 0.29) is 5.56 Å². The normalized spacial score (nSPS) is 10.4. The Balaban J connectivity index is 3.07.